The van der Waals surface area contributed by atoms with Gasteiger partial charge >= 0.3 is 0 Å². The Morgan fingerprint density at radius 3 is 2.81 bits per heavy atom. The van der Waals surface area contributed by atoms with E-state index < -0.39 is 15.1 Å². The van der Waals surface area contributed by atoms with Crippen LogP contribution in [0.4, 0.5) is 0 Å². The van der Waals surface area contributed by atoms with Gasteiger partial charge in [0.2, 0.25) is 5.09 Å². The number of hydrogen-bond acceptors (Lipinski definition) is 5. The highest BCUT2D eigenvalue weighted by molar-refractivity contribution is 9.11. The van der Waals surface area contributed by atoms with Gasteiger partial charge in [0.15, 0.2) is 0 Å². The number of rotatable bonds is 4. The first-order valence-electron chi connectivity index (χ1n) is 6.02. The van der Waals surface area contributed by atoms with E-state index in [0.717, 1.165) is 22.5 Å². The Kier molecular flexibility index (Phi) is 3.68. The lowest BCUT2D eigenvalue weighted by molar-refractivity contribution is 0.0949. The number of sulfonamides is 1. The third kappa shape index (κ3) is 3.20. The largest absolute Gasteiger partial charge is 0.451 e. The van der Waals surface area contributed by atoms with Crippen LogP contribution in [0.2, 0.25) is 0 Å². The molecule has 9 heteroatoms. The second-order valence-corrected chi connectivity index (χ2v) is 8.75. The molecule has 0 bridgehead atoms. The van der Waals surface area contributed by atoms with Crippen molar-refractivity contribution < 1.29 is 17.6 Å². The molecular formula is C12H11BrN2O4S2. The first kappa shape index (κ1) is 14.8. The van der Waals surface area contributed by atoms with Crippen LogP contribution in [0.5, 0.6) is 0 Å². The van der Waals surface area contributed by atoms with Gasteiger partial charge in [-0.3, -0.25) is 4.79 Å². The molecule has 1 amide bonds. The number of carbonyl (C=O) groups excluding carboxylic acids is 1. The molecule has 2 heterocycles. The van der Waals surface area contributed by atoms with E-state index in [1.807, 2.05) is 12.1 Å². The predicted molar refractivity (Wildman–Crippen MR) is 80.7 cm³/mol. The number of halogens is 1. The molecule has 1 aliphatic rings. The van der Waals surface area contributed by atoms with Crippen LogP contribution in [-0.2, 0) is 10.0 Å². The number of hydrogen-bond donors (Lipinski definition) is 2. The zero-order valence-electron chi connectivity index (χ0n) is 10.6. The van der Waals surface area contributed by atoms with Gasteiger partial charge in [0.1, 0.15) is 6.26 Å². The molecule has 2 atom stereocenters. The Morgan fingerprint density at radius 1 is 1.48 bits per heavy atom. The lowest BCUT2D eigenvalue weighted by atomic mass is 10.3. The Labute approximate surface area is 133 Å². The molecule has 3 N–H and O–H groups in total. The molecule has 0 unspecified atom stereocenters. The summed E-state index contributed by atoms with van der Waals surface area (Å²) in [6.07, 6.45) is 1.97. The third-order valence-electron chi connectivity index (χ3n) is 3.18. The molecule has 0 saturated heterocycles. The smallest absolute Gasteiger partial charge is 0.271 e. The Hall–Kier alpha value is -1.16. The fourth-order valence-corrected chi connectivity index (χ4v) is 4.11. The first-order chi connectivity index (χ1) is 9.84. The number of nitrogens with one attached hydrogen (secondary N) is 1. The maximum absolute atomic E-state index is 12.0. The average molecular weight is 391 g/mol. The molecule has 0 radical (unpaired) electrons. The fourth-order valence-electron chi connectivity index (χ4n) is 2.03. The van der Waals surface area contributed by atoms with Gasteiger partial charge in [-0.15, -0.1) is 11.3 Å². The Morgan fingerprint density at radius 2 is 2.24 bits per heavy atom. The summed E-state index contributed by atoms with van der Waals surface area (Å²) in [5.41, 5.74) is 0.150. The molecule has 2 aromatic heterocycles. The zero-order chi connectivity index (χ0) is 15.2. The molecule has 0 aromatic carbocycles. The molecule has 1 saturated carbocycles. The van der Waals surface area contributed by atoms with E-state index in [4.69, 9.17) is 9.56 Å². The minimum absolute atomic E-state index is 0.0656. The number of amides is 1. The molecule has 112 valence electrons. The van der Waals surface area contributed by atoms with Gasteiger partial charge in [-0.2, -0.15) is 0 Å². The maximum atomic E-state index is 12.0. The van der Waals surface area contributed by atoms with Crippen LogP contribution in [0.1, 0.15) is 27.6 Å². The average Bonchev–Trinajstić information content (AvgIpc) is 2.83. The highest BCUT2D eigenvalue weighted by Gasteiger charge is 2.40. The Bertz CT molecular complexity index is 796. The minimum atomic E-state index is -3.93. The standard InChI is InChI=1S/C12H11BrN2O4S2/c13-10-2-1-9(20-10)7-4-8(7)15-12(16)6-3-11(19-5-6)21(14,17)18/h1-3,5,7-8H,4H2,(H,15,16)(H2,14,17,18)/t7-,8-/m1/s1. The number of nitrogens with two attached hydrogens (primary N) is 1. The van der Waals surface area contributed by atoms with Crippen molar-refractivity contribution in [2.24, 2.45) is 5.14 Å². The summed E-state index contributed by atoms with van der Waals surface area (Å²) in [6, 6.07) is 5.20. The predicted octanol–water partition coefficient (Wildman–Crippen LogP) is 2.04. The molecule has 1 fully saturated rings. The van der Waals surface area contributed by atoms with Crippen molar-refractivity contribution in [3.63, 3.8) is 0 Å². The second-order valence-electron chi connectivity index (χ2n) is 4.76. The quantitative estimate of drug-likeness (QED) is 0.833. The van der Waals surface area contributed by atoms with Crippen LogP contribution in [0.15, 0.2) is 37.8 Å². The van der Waals surface area contributed by atoms with Gasteiger partial charge < -0.3 is 9.73 Å². The SMILES string of the molecule is NS(=O)(=O)c1cc(C(=O)N[C@@H]2C[C@H]2c2ccc(Br)s2)co1. The summed E-state index contributed by atoms with van der Waals surface area (Å²) in [4.78, 5) is 13.2. The number of furan rings is 1. The minimum Gasteiger partial charge on any atom is -0.451 e. The topological polar surface area (TPSA) is 102 Å². The Balaban J connectivity index is 1.64. The van der Waals surface area contributed by atoms with Gasteiger partial charge in [0.25, 0.3) is 15.9 Å². The van der Waals surface area contributed by atoms with Crippen LogP contribution in [0, 0.1) is 0 Å². The fraction of sp³-hybridized carbons (Fsp3) is 0.250. The molecular weight excluding hydrogens is 380 g/mol. The van der Waals surface area contributed by atoms with Gasteiger partial charge in [-0.25, -0.2) is 13.6 Å². The maximum Gasteiger partial charge on any atom is 0.271 e. The summed E-state index contributed by atoms with van der Waals surface area (Å²) in [7, 11) is -3.93. The lowest BCUT2D eigenvalue weighted by Gasteiger charge is -2.01. The molecule has 2 aromatic rings. The molecule has 6 nitrogen and oxygen atoms in total. The number of thiophene rings is 1. The lowest BCUT2D eigenvalue weighted by Crippen LogP contribution is -2.26. The molecule has 3 rings (SSSR count). The van der Waals surface area contributed by atoms with Crippen molar-refractivity contribution in [3.8, 4) is 0 Å². The van der Waals surface area contributed by atoms with Gasteiger partial charge in [0, 0.05) is 22.9 Å². The van der Waals surface area contributed by atoms with Gasteiger partial charge in [-0.1, -0.05) is 0 Å². The number of carbonyl (C=O) groups is 1. The van der Waals surface area contributed by atoms with Crippen molar-refractivity contribution in [1.29, 1.82) is 0 Å². The third-order valence-corrected chi connectivity index (χ3v) is 5.71. The monoisotopic (exact) mass is 390 g/mol. The molecule has 21 heavy (non-hydrogen) atoms. The molecule has 0 spiro atoms. The van der Waals surface area contributed by atoms with E-state index >= 15 is 0 Å². The number of primary sulfonamides is 1. The van der Waals surface area contributed by atoms with E-state index in [1.54, 1.807) is 11.3 Å². The van der Waals surface area contributed by atoms with Crippen LogP contribution in [0.3, 0.4) is 0 Å². The van der Waals surface area contributed by atoms with E-state index in [-0.39, 0.29) is 17.5 Å². The molecule has 1 aliphatic carbocycles. The first-order valence-corrected chi connectivity index (χ1v) is 9.17. The summed E-state index contributed by atoms with van der Waals surface area (Å²) >= 11 is 5.05. The summed E-state index contributed by atoms with van der Waals surface area (Å²) in [6.45, 7) is 0. The van der Waals surface area contributed by atoms with Crippen LogP contribution in [-0.4, -0.2) is 20.4 Å². The normalized spacial score (nSPS) is 21.2. The van der Waals surface area contributed by atoms with Crippen molar-refractivity contribution in [3.05, 3.63) is 38.7 Å². The van der Waals surface area contributed by atoms with E-state index in [0.29, 0.717) is 5.92 Å². The van der Waals surface area contributed by atoms with Gasteiger partial charge in [0.05, 0.1) is 9.35 Å². The van der Waals surface area contributed by atoms with Crippen LogP contribution >= 0.6 is 27.3 Å². The van der Waals surface area contributed by atoms with Crippen molar-refractivity contribution in [2.75, 3.05) is 0 Å². The summed E-state index contributed by atoms with van der Waals surface area (Å²) in [5, 5.41) is 7.36. The van der Waals surface area contributed by atoms with E-state index in [9.17, 15) is 13.2 Å². The van der Waals surface area contributed by atoms with Crippen molar-refractivity contribution in [1.82, 2.24) is 5.32 Å². The van der Waals surface area contributed by atoms with Gasteiger partial charge in [-0.05, 0) is 34.5 Å². The molecule has 0 aliphatic heterocycles. The van der Waals surface area contributed by atoms with Crippen molar-refractivity contribution in [2.45, 2.75) is 23.5 Å². The summed E-state index contributed by atoms with van der Waals surface area (Å²) < 4.78 is 28.0. The van der Waals surface area contributed by atoms with Crippen LogP contribution < -0.4 is 10.5 Å². The van der Waals surface area contributed by atoms with E-state index in [1.165, 1.54) is 4.88 Å². The summed E-state index contributed by atoms with van der Waals surface area (Å²) in [5.74, 6) is -0.0494. The van der Waals surface area contributed by atoms with Crippen molar-refractivity contribution >= 4 is 43.2 Å². The highest BCUT2D eigenvalue weighted by Crippen LogP contribution is 2.44. The highest BCUT2D eigenvalue weighted by atomic mass is 79.9. The second kappa shape index (κ2) is 5.24. The van der Waals surface area contributed by atoms with Crippen LogP contribution in [0.25, 0.3) is 0 Å². The van der Waals surface area contributed by atoms with E-state index in [2.05, 4.69) is 21.2 Å². The zero-order valence-corrected chi connectivity index (χ0v) is 13.8.